The average molecular weight is 261 g/mol. The maximum atomic E-state index is 11.9. The number of esters is 1. The lowest BCUT2D eigenvalue weighted by atomic mass is 10.1. The highest BCUT2D eigenvalue weighted by atomic mass is 16.5. The Morgan fingerprint density at radius 2 is 2.32 bits per heavy atom. The van der Waals surface area contributed by atoms with Crippen molar-refractivity contribution >= 4 is 11.9 Å². The first-order valence-corrected chi connectivity index (χ1v) is 5.85. The smallest absolute Gasteiger partial charge is 0.328 e. The molecule has 1 rings (SSSR count). The zero-order valence-electron chi connectivity index (χ0n) is 10.6. The van der Waals surface area contributed by atoms with Gasteiger partial charge in [-0.15, -0.1) is 0 Å². The molecule has 1 atom stereocenters. The fourth-order valence-corrected chi connectivity index (χ4v) is 1.51. The molecule has 0 saturated carbocycles. The molecule has 0 saturated heterocycles. The highest BCUT2D eigenvalue weighted by Crippen LogP contribution is 2.04. The van der Waals surface area contributed by atoms with E-state index in [1.165, 1.54) is 13.3 Å². The van der Waals surface area contributed by atoms with Crippen molar-refractivity contribution < 1.29 is 14.3 Å². The Balaban J connectivity index is 2.64. The van der Waals surface area contributed by atoms with Gasteiger partial charge in [0.2, 0.25) is 0 Å². The molecule has 0 bridgehead atoms. The van der Waals surface area contributed by atoms with Gasteiger partial charge in [-0.05, 0) is 25.0 Å². The molecule has 1 heterocycles. The molecular formula is C13H15N3O3. The van der Waals surface area contributed by atoms with Gasteiger partial charge >= 0.3 is 5.97 Å². The molecule has 6 heteroatoms. The van der Waals surface area contributed by atoms with Crippen LogP contribution < -0.4 is 5.32 Å². The highest BCUT2D eigenvalue weighted by molar-refractivity contribution is 5.95. The Morgan fingerprint density at radius 3 is 2.89 bits per heavy atom. The summed E-state index contributed by atoms with van der Waals surface area (Å²) in [5.74, 6) is -0.963. The van der Waals surface area contributed by atoms with E-state index in [9.17, 15) is 9.59 Å². The molecule has 0 aliphatic rings. The Labute approximate surface area is 111 Å². The van der Waals surface area contributed by atoms with Crippen LogP contribution in [0.3, 0.4) is 0 Å². The largest absolute Gasteiger partial charge is 0.467 e. The van der Waals surface area contributed by atoms with E-state index in [4.69, 9.17) is 5.26 Å². The maximum absolute atomic E-state index is 11.9. The molecule has 0 aliphatic heterocycles. The van der Waals surface area contributed by atoms with Gasteiger partial charge in [0.25, 0.3) is 5.91 Å². The topological polar surface area (TPSA) is 92.1 Å². The first-order chi connectivity index (χ1) is 9.19. The number of nitrogens with zero attached hydrogens (tertiary/aromatic N) is 2. The van der Waals surface area contributed by atoms with E-state index < -0.39 is 17.9 Å². The van der Waals surface area contributed by atoms with Gasteiger partial charge in [0, 0.05) is 12.6 Å². The molecule has 0 fully saturated rings. The van der Waals surface area contributed by atoms with Gasteiger partial charge in [0.15, 0.2) is 0 Å². The molecule has 0 aromatic carbocycles. The van der Waals surface area contributed by atoms with Gasteiger partial charge in [-0.1, -0.05) is 6.07 Å². The predicted octanol–water partition coefficient (Wildman–Crippen LogP) is 1.05. The number of methoxy groups -OCH3 is 1. The average Bonchev–Trinajstić information content (AvgIpc) is 2.46. The molecule has 1 aromatic heterocycles. The summed E-state index contributed by atoms with van der Waals surface area (Å²) in [6.07, 6.45) is 2.70. The number of amides is 1. The number of hydrogen-bond acceptors (Lipinski definition) is 5. The molecule has 100 valence electrons. The molecule has 0 radical (unpaired) electrons. The van der Waals surface area contributed by atoms with E-state index in [-0.39, 0.29) is 5.69 Å². The Bertz CT molecular complexity index is 468. The monoisotopic (exact) mass is 261 g/mol. The van der Waals surface area contributed by atoms with Gasteiger partial charge in [0.1, 0.15) is 11.7 Å². The molecular weight excluding hydrogens is 246 g/mol. The molecule has 0 unspecified atom stereocenters. The summed E-state index contributed by atoms with van der Waals surface area (Å²) in [6, 6.07) is 6.17. The lowest BCUT2D eigenvalue weighted by Gasteiger charge is -2.15. The summed E-state index contributed by atoms with van der Waals surface area (Å²) in [5, 5.41) is 11.0. The number of ether oxygens (including phenoxy) is 1. The van der Waals surface area contributed by atoms with Gasteiger partial charge < -0.3 is 10.1 Å². The number of nitrogens with one attached hydrogen (secondary N) is 1. The van der Waals surface area contributed by atoms with Crippen molar-refractivity contribution in [3.05, 3.63) is 30.1 Å². The second-order valence-electron chi connectivity index (χ2n) is 3.81. The number of unbranched alkanes of at least 4 members (excludes halogenated alkanes) is 1. The first-order valence-electron chi connectivity index (χ1n) is 5.85. The quantitative estimate of drug-likeness (QED) is 0.610. The van der Waals surface area contributed by atoms with Crippen LogP contribution in [0.5, 0.6) is 0 Å². The molecule has 1 amide bonds. The zero-order chi connectivity index (χ0) is 14.1. The van der Waals surface area contributed by atoms with Crippen molar-refractivity contribution in [2.24, 2.45) is 0 Å². The number of nitriles is 1. The summed E-state index contributed by atoms with van der Waals surface area (Å²) in [5.41, 5.74) is 0.233. The van der Waals surface area contributed by atoms with Crippen molar-refractivity contribution in [1.29, 1.82) is 5.26 Å². The van der Waals surface area contributed by atoms with E-state index in [1.54, 1.807) is 18.2 Å². The summed E-state index contributed by atoms with van der Waals surface area (Å²) in [6.45, 7) is 0. The van der Waals surface area contributed by atoms with Gasteiger partial charge in [-0.25, -0.2) is 4.79 Å². The van der Waals surface area contributed by atoms with Crippen LogP contribution in [0.25, 0.3) is 0 Å². The Morgan fingerprint density at radius 1 is 1.53 bits per heavy atom. The van der Waals surface area contributed by atoms with Crippen LogP contribution in [0.1, 0.15) is 29.8 Å². The van der Waals surface area contributed by atoms with Crippen LogP contribution in [-0.2, 0) is 9.53 Å². The molecule has 19 heavy (non-hydrogen) atoms. The number of carbonyl (C=O) groups is 2. The van der Waals surface area contributed by atoms with E-state index in [0.29, 0.717) is 19.3 Å². The molecule has 0 spiro atoms. The number of pyridine rings is 1. The van der Waals surface area contributed by atoms with Crippen molar-refractivity contribution in [3.63, 3.8) is 0 Å². The van der Waals surface area contributed by atoms with Crippen LogP contribution >= 0.6 is 0 Å². The van der Waals surface area contributed by atoms with E-state index in [2.05, 4.69) is 15.0 Å². The predicted molar refractivity (Wildman–Crippen MR) is 67.0 cm³/mol. The van der Waals surface area contributed by atoms with Crippen LogP contribution in [0.4, 0.5) is 0 Å². The molecule has 6 nitrogen and oxygen atoms in total. The van der Waals surface area contributed by atoms with Gasteiger partial charge in [-0.3, -0.25) is 9.78 Å². The van der Waals surface area contributed by atoms with E-state index >= 15 is 0 Å². The maximum Gasteiger partial charge on any atom is 0.328 e. The van der Waals surface area contributed by atoms with Crippen molar-refractivity contribution in [2.75, 3.05) is 7.11 Å². The fourth-order valence-electron chi connectivity index (χ4n) is 1.51. The summed E-state index contributed by atoms with van der Waals surface area (Å²) in [4.78, 5) is 27.3. The number of rotatable bonds is 6. The minimum Gasteiger partial charge on any atom is -0.467 e. The van der Waals surface area contributed by atoms with Crippen molar-refractivity contribution in [3.8, 4) is 6.07 Å². The van der Waals surface area contributed by atoms with Gasteiger partial charge in [-0.2, -0.15) is 5.26 Å². The zero-order valence-corrected chi connectivity index (χ0v) is 10.6. The standard InChI is InChI=1S/C13H15N3O3/c1-19-13(18)11(7-2-4-8-14)16-12(17)10-6-3-5-9-15-10/h3,5-6,9,11H,2,4,7H2,1H3,(H,16,17)/t11-/m0/s1. The van der Waals surface area contributed by atoms with Crippen LogP contribution in [0, 0.1) is 11.3 Å². The minimum absolute atomic E-state index is 0.233. The highest BCUT2D eigenvalue weighted by Gasteiger charge is 2.21. The van der Waals surface area contributed by atoms with Crippen molar-refractivity contribution in [2.45, 2.75) is 25.3 Å². The van der Waals surface area contributed by atoms with Gasteiger partial charge in [0.05, 0.1) is 13.2 Å². The molecule has 1 N–H and O–H groups in total. The minimum atomic E-state index is -0.757. The van der Waals surface area contributed by atoms with Crippen LogP contribution in [0.2, 0.25) is 0 Å². The lowest BCUT2D eigenvalue weighted by Crippen LogP contribution is -2.41. The lowest BCUT2D eigenvalue weighted by molar-refractivity contribution is -0.143. The van der Waals surface area contributed by atoms with Crippen LogP contribution in [-0.4, -0.2) is 30.0 Å². The van der Waals surface area contributed by atoms with Crippen LogP contribution in [0.15, 0.2) is 24.4 Å². The first kappa shape index (κ1) is 14.6. The normalized spacial score (nSPS) is 11.2. The van der Waals surface area contributed by atoms with E-state index in [0.717, 1.165) is 0 Å². The SMILES string of the molecule is COC(=O)[C@H](CCCC#N)NC(=O)c1ccccn1. The Hall–Kier alpha value is -2.42. The second kappa shape index (κ2) is 7.82. The third kappa shape index (κ3) is 4.76. The number of carbonyl (C=O) groups excluding carboxylic acids is 2. The fraction of sp³-hybridized carbons (Fsp3) is 0.385. The summed E-state index contributed by atoms with van der Waals surface area (Å²) in [7, 11) is 1.26. The summed E-state index contributed by atoms with van der Waals surface area (Å²) < 4.78 is 4.62. The third-order valence-corrected chi connectivity index (χ3v) is 2.47. The summed E-state index contributed by atoms with van der Waals surface area (Å²) >= 11 is 0. The number of aromatic nitrogens is 1. The molecule has 1 aromatic rings. The second-order valence-corrected chi connectivity index (χ2v) is 3.81. The van der Waals surface area contributed by atoms with Crippen molar-refractivity contribution in [1.82, 2.24) is 10.3 Å². The number of hydrogen-bond donors (Lipinski definition) is 1. The van der Waals surface area contributed by atoms with E-state index in [1.807, 2.05) is 6.07 Å². The molecule has 0 aliphatic carbocycles. The Kier molecular flexibility index (Phi) is 6.03. The third-order valence-electron chi connectivity index (χ3n) is 2.47.